The Morgan fingerprint density at radius 1 is 1.07 bits per heavy atom. The predicted octanol–water partition coefficient (Wildman–Crippen LogP) is 5.47. The zero-order chi connectivity index (χ0) is 20.0. The van der Waals surface area contributed by atoms with Crippen LogP contribution in [0.2, 0.25) is 0 Å². The van der Waals surface area contributed by atoms with Crippen LogP contribution in [0.3, 0.4) is 0 Å². The maximum atomic E-state index is 5.16. The molecule has 3 atom stereocenters. The molecule has 5 heteroatoms. The van der Waals surface area contributed by atoms with E-state index in [0.717, 1.165) is 17.9 Å². The smallest absolute Gasteiger partial charge is 0.160 e. The third-order valence-corrected chi connectivity index (χ3v) is 7.26. The molecule has 0 saturated carbocycles. The number of hydrogen-bond donors (Lipinski definition) is 0. The summed E-state index contributed by atoms with van der Waals surface area (Å²) in [6, 6.07) is 19.9. The number of rotatable bonds is 4. The number of benzene rings is 1. The molecule has 3 aromatic rings. The van der Waals surface area contributed by atoms with Crippen molar-refractivity contribution >= 4 is 16.9 Å². The summed E-state index contributed by atoms with van der Waals surface area (Å²) in [4.78, 5) is 12.4. The van der Waals surface area contributed by atoms with Crippen molar-refractivity contribution in [3.63, 3.8) is 0 Å². The molecule has 0 radical (unpaired) electrons. The van der Waals surface area contributed by atoms with E-state index in [-0.39, 0.29) is 12.1 Å². The van der Waals surface area contributed by atoms with Crippen molar-refractivity contribution in [2.75, 3.05) is 5.75 Å². The SMILES string of the molecule is CCC1CSC2=NC(c3ccccn3)C(c3cc(C)n(-c4ccccc4)c3C)N21. The first-order valence-electron chi connectivity index (χ1n) is 10.3. The molecule has 29 heavy (non-hydrogen) atoms. The molecule has 1 saturated heterocycles. The summed E-state index contributed by atoms with van der Waals surface area (Å²) in [5.74, 6) is 1.12. The number of fused-ring (bicyclic) bond motifs is 1. The third kappa shape index (κ3) is 2.99. The Labute approximate surface area is 176 Å². The topological polar surface area (TPSA) is 33.4 Å². The second-order valence-corrected chi connectivity index (χ2v) is 8.82. The van der Waals surface area contributed by atoms with Crippen molar-refractivity contribution in [1.82, 2.24) is 14.5 Å². The molecule has 2 aromatic heterocycles. The van der Waals surface area contributed by atoms with Crippen LogP contribution in [0.15, 0.2) is 65.8 Å². The zero-order valence-electron chi connectivity index (χ0n) is 17.1. The van der Waals surface area contributed by atoms with Gasteiger partial charge in [-0.3, -0.25) is 9.98 Å². The summed E-state index contributed by atoms with van der Waals surface area (Å²) in [5.41, 5.74) is 6.19. The minimum Gasteiger partial charge on any atom is -0.338 e. The van der Waals surface area contributed by atoms with Crippen molar-refractivity contribution in [2.24, 2.45) is 4.99 Å². The van der Waals surface area contributed by atoms with Crippen LogP contribution in [0.25, 0.3) is 5.69 Å². The van der Waals surface area contributed by atoms with E-state index >= 15 is 0 Å². The monoisotopic (exact) mass is 402 g/mol. The molecule has 2 aliphatic heterocycles. The maximum Gasteiger partial charge on any atom is 0.160 e. The van der Waals surface area contributed by atoms with E-state index < -0.39 is 0 Å². The van der Waals surface area contributed by atoms with Gasteiger partial charge >= 0.3 is 0 Å². The molecule has 5 rings (SSSR count). The minimum atomic E-state index is 0.0396. The Bertz CT molecular complexity index is 1040. The number of aromatic nitrogens is 2. The second-order valence-electron chi connectivity index (χ2n) is 7.83. The Morgan fingerprint density at radius 3 is 2.59 bits per heavy atom. The van der Waals surface area contributed by atoms with Crippen LogP contribution in [0.1, 0.15) is 48.1 Å². The van der Waals surface area contributed by atoms with E-state index in [1.165, 1.54) is 27.8 Å². The van der Waals surface area contributed by atoms with E-state index in [1.54, 1.807) is 0 Å². The van der Waals surface area contributed by atoms with Crippen LogP contribution in [0.5, 0.6) is 0 Å². The molecule has 4 heterocycles. The lowest BCUT2D eigenvalue weighted by Gasteiger charge is -2.32. The van der Waals surface area contributed by atoms with Crippen LogP contribution in [0, 0.1) is 13.8 Å². The summed E-state index contributed by atoms with van der Waals surface area (Å²) in [6.07, 6.45) is 3.02. The summed E-state index contributed by atoms with van der Waals surface area (Å²) in [6.45, 7) is 6.73. The third-order valence-electron chi connectivity index (χ3n) is 6.13. The summed E-state index contributed by atoms with van der Waals surface area (Å²) < 4.78 is 2.37. The van der Waals surface area contributed by atoms with Gasteiger partial charge in [0.2, 0.25) is 0 Å². The first-order valence-corrected chi connectivity index (χ1v) is 11.3. The van der Waals surface area contributed by atoms with Crippen LogP contribution in [-0.4, -0.2) is 31.4 Å². The number of para-hydroxylation sites is 1. The number of aryl methyl sites for hydroxylation is 1. The molecule has 0 aliphatic carbocycles. The molecule has 1 fully saturated rings. The molecule has 4 nitrogen and oxygen atoms in total. The van der Waals surface area contributed by atoms with E-state index in [4.69, 9.17) is 4.99 Å². The van der Waals surface area contributed by atoms with Gasteiger partial charge in [-0.15, -0.1) is 0 Å². The lowest BCUT2D eigenvalue weighted by atomic mass is 9.95. The van der Waals surface area contributed by atoms with Crippen LogP contribution in [0.4, 0.5) is 0 Å². The Hall–Kier alpha value is -2.53. The van der Waals surface area contributed by atoms with E-state index in [9.17, 15) is 0 Å². The first-order chi connectivity index (χ1) is 14.2. The molecule has 0 spiro atoms. The zero-order valence-corrected chi connectivity index (χ0v) is 17.9. The van der Waals surface area contributed by atoms with E-state index in [1.807, 2.05) is 24.0 Å². The van der Waals surface area contributed by atoms with E-state index in [0.29, 0.717) is 6.04 Å². The number of amidine groups is 1. The second kappa shape index (κ2) is 7.38. The van der Waals surface area contributed by atoms with Crippen molar-refractivity contribution in [2.45, 2.75) is 45.3 Å². The fourth-order valence-corrected chi connectivity index (χ4v) is 6.09. The normalized spacial score (nSPS) is 23.3. The molecule has 148 valence electrons. The fourth-order valence-electron chi connectivity index (χ4n) is 4.75. The first kappa shape index (κ1) is 18.5. The van der Waals surface area contributed by atoms with Gasteiger partial charge in [0.15, 0.2) is 5.17 Å². The van der Waals surface area contributed by atoms with Crippen LogP contribution in [-0.2, 0) is 0 Å². The molecular weight excluding hydrogens is 376 g/mol. The average molecular weight is 403 g/mol. The van der Waals surface area contributed by atoms with Crippen molar-refractivity contribution in [3.05, 3.63) is 83.4 Å². The lowest BCUT2D eigenvalue weighted by Crippen LogP contribution is -2.35. The minimum absolute atomic E-state index is 0.0396. The van der Waals surface area contributed by atoms with Crippen molar-refractivity contribution in [1.29, 1.82) is 0 Å². The van der Waals surface area contributed by atoms with Gasteiger partial charge in [-0.05, 0) is 56.2 Å². The van der Waals surface area contributed by atoms with Gasteiger partial charge < -0.3 is 9.47 Å². The van der Waals surface area contributed by atoms with Gasteiger partial charge in [0.1, 0.15) is 6.04 Å². The number of aliphatic imine (C=N–C) groups is 1. The summed E-state index contributed by atoms with van der Waals surface area (Å²) in [5, 5.41) is 1.18. The Balaban J connectivity index is 1.64. The van der Waals surface area contributed by atoms with Crippen molar-refractivity contribution in [3.8, 4) is 5.69 Å². The summed E-state index contributed by atoms with van der Waals surface area (Å²) >= 11 is 1.90. The Morgan fingerprint density at radius 2 is 1.86 bits per heavy atom. The molecule has 0 N–H and O–H groups in total. The van der Waals surface area contributed by atoms with Gasteiger partial charge in [-0.25, -0.2) is 0 Å². The number of nitrogens with zero attached hydrogens (tertiary/aromatic N) is 4. The van der Waals surface area contributed by atoms with Gasteiger partial charge in [0.25, 0.3) is 0 Å². The average Bonchev–Trinajstić information content (AvgIpc) is 3.40. The maximum absolute atomic E-state index is 5.16. The molecular formula is C24H26N4S. The standard InChI is InChI=1S/C24H26N4S/c1-4-18-15-29-24-26-22(21-12-8-9-13-25-21)23(28(18)24)20-14-16(2)27(17(20)3)19-10-6-5-7-11-19/h5-14,18,22-23H,4,15H2,1-3H3. The highest BCUT2D eigenvalue weighted by Crippen LogP contribution is 2.49. The summed E-state index contributed by atoms with van der Waals surface area (Å²) in [7, 11) is 0. The highest BCUT2D eigenvalue weighted by molar-refractivity contribution is 8.14. The highest BCUT2D eigenvalue weighted by Gasteiger charge is 2.46. The Kier molecular flexibility index (Phi) is 4.70. The highest BCUT2D eigenvalue weighted by atomic mass is 32.2. The predicted molar refractivity (Wildman–Crippen MR) is 121 cm³/mol. The van der Waals surface area contributed by atoms with E-state index in [2.05, 4.69) is 83.8 Å². The van der Waals surface area contributed by atoms with Gasteiger partial charge in [0, 0.05) is 35.1 Å². The van der Waals surface area contributed by atoms with Gasteiger partial charge in [0.05, 0.1) is 11.7 Å². The number of hydrogen-bond acceptors (Lipinski definition) is 4. The van der Waals surface area contributed by atoms with Gasteiger partial charge in [-0.1, -0.05) is 43.0 Å². The lowest BCUT2D eigenvalue weighted by molar-refractivity contribution is 0.254. The molecule has 1 aromatic carbocycles. The molecule has 0 amide bonds. The van der Waals surface area contributed by atoms with Crippen LogP contribution < -0.4 is 0 Å². The largest absolute Gasteiger partial charge is 0.338 e. The van der Waals surface area contributed by atoms with Crippen LogP contribution >= 0.6 is 11.8 Å². The fraction of sp³-hybridized carbons (Fsp3) is 0.333. The molecule has 3 unspecified atom stereocenters. The number of pyridine rings is 1. The number of thioether (sulfide) groups is 1. The van der Waals surface area contributed by atoms with Crippen molar-refractivity contribution < 1.29 is 0 Å². The van der Waals surface area contributed by atoms with Gasteiger partial charge in [-0.2, -0.15) is 0 Å². The quantitative estimate of drug-likeness (QED) is 0.580. The molecule has 0 bridgehead atoms. The molecule has 2 aliphatic rings.